The molecule has 0 N–H and O–H groups in total. The fourth-order valence-corrected chi connectivity index (χ4v) is 3.19. The Morgan fingerprint density at radius 3 is 2.78 bits per heavy atom. The first-order valence-electron chi connectivity index (χ1n) is 6.15. The van der Waals surface area contributed by atoms with Crippen LogP contribution in [0.4, 0.5) is 0 Å². The Kier molecular flexibility index (Phi) is 2.92. The Balaban J connectivity index is 1.80. The van der Waals surface area contributed by atoms with Crippen LogP contribution in [0.3, 0.4) is 0 Å². The number of carbonyl (C=O) groups excluding carboxylic acids is 1. The average molecular weight is 257 g/mol. The first-order chi connectivity index (χ1) is 8.74. The van der Waals surface area contributed by atoms with Crippen molar-refractivity contribution in [3.63, 3.8) is 0 Å². The van der Waals surface area contributed by atoms with Crippen LogP contribution in [0.25, 0.3) is 0 Å². The zero-order valence-electron chi connectivity index (χ0n) is 10.3. The van der Waals surface area contributed by atoms with E-state index in [1.165, 1.54) is 16.0 Å². The molecule has 0 saturated heterocycles. The van der Waals surface area contributed by atoms with Crippen molar-refractivity contribution < 1.29 is 4.79 Å². The number of thiophene rings is 1. The van der Waals surface area contributed by atoms with Crippen LogP contribution in [-0.4, -0.2) is 17.4 Å². The van der Waals surface area contributed by atoms with Crippen LogP contribution in [-0.2, 0) is 13.0 Å². The van der Waals surface area contributed by atoms with Gasteiger partial charge in [-0.1, -0.05) is 17.7 Å². The fourth-order valence-electron chi connectivity index (χ4n) is 2.30. The summed E-state index contributed by atoms with van der Waals surface area (Å²) < 4.78 is 0. The molecule has 0 spiro atoms. The molecule has 0 saturated carbocycles. The summed E-state index contributed by atoms with van der Waals surface area (Å²) in [6, 6.07) is 9.95. The van der Waals surface area contributed by atoms with Gasteiger partial charge in [0, 0.05) is 23.5 Å². The first-order valence-corrected chi connectivity index (χ1v) is 7.03. The third kappa shape index (κ3) is 2.06. The minimum absolute atomic E-state index is 0.145. The van der Waals surface area contributed by atoms with Crippen LogP contribution >= 0.6 is 11.3 Å². The van der Waals surface area contributed by atoms with Crippen molar-refractivity contribution in [3.05, 3.63) is 57.3 Å². The van der Waals surface area contributed by atoms with Gasteiger partial charge in [-0.25, -0.2) is 0 Å². The van der Waals surface area contributed by atoms with E-state index in [1.54, 1.807) is 11.3 Å². The minimum atomic E-state index is 0.145. The molecule has 1 aromatic carbocycles. The molecule has 3 rings (SSSR count). The van der Waals surface area contributed by atoms with Crippen LogP contribution in [0.2, 0.25) is 0 Å². The number of fused-ring (bicyclic) bond motifs is 1. The maximum atomic E-state index is 12.4. The summed E-state index contributed by atoms with van der Waals surface area (Å²) in [5, 5.41) is 2.12. The highest BCUT2D eigenvalue weighted by molar-refractivity contribution is 7.10. The lowest BCUT2D eigenvalue weighted by Gasteiger charge is -2.27. The molecule has 2 nitrogen and oxygen atoms in total. The van der Waals surface area contributed by atoms with Gasteiger partial charge in [0.15, 0.2) is 0 Å². The Labute approximate surface area is 111 Å². The Morgan fingerprint density at radius 1 is 1.22 bits per heavy atom. The molecule has 3 heteroatoms. The second kappa shape index (κ2) is 4.58. The van der Waals surface area contributed by atoms with Crippen molar-refractivity contribution in [1.82, 2.24) is 4.90 Å². The molecule has 0 bridgehead atoms. The van der Waals surface area contributed by atoms with Gasteiger partial charge in [0.05, 0.1) is 0 Å². The monoisotopic (exact) mass is 257 g/mol. The zero-order valence-corrected chi connectivity index (χ0v) is 11.2. The highest BCUT2D eigenvalue weighted by Gasteiger charge is 2.22. The second-order valence-corrected chi connectivity index (χ2v) is 5.71. The molecular weight excluding hydrogens is 242 g/mol. The molecule has 92 valence electrons. The van der Waals surface area contributed by atoms with Crippen LogP contribution in [0.5, 0.6) is 0 Å². The van der Waals surface area contributed by atoms with E-state index < -0.39 is 0 Å². The average Bonchev–Trinajstić information content (AvgIpc) is 2.86. The maximum Gasteiger partial charge on any atom is 0.254 e. The Hall–Kier alpha value is -1.61. The molecule has 2 heterocycles. The number of aryl methyl sites for hydroxylation is 1. The van der Waals surface area contributed by atoms with Gasteiger partial charge in [0.1, 0.15) is 0 Å². The fraction of sp³-hybridized carbons (Fsp3) is 0.267. The summed E-state index contributed by atoms with van der Waals surface area (Å²) in [4.78, 5) is 15.7. The van der Waals surface area contributed by atoms with E-state index >= 15 is 0 Å². The highest BCUT2D eigenvalue weighted by Crippen LogP contribution is 2.25. The molecular formula is C15H15NOS. The number of benzene rings is 1. The first kappa shape index (κ1) is 11.5. The largest absolute Gasteiger partial charge is 0.334 e. The molecule has 0 atom stereocenters. The molecule has 18 heavy (non-hydrogen) atoms. The summed E-state index contributed by atoms with van der Waals surface area (Å²) in [6.45, 7) is 3.62. The predicted molar refractivity (Wildman–Crippen MR) is 73.9 cm³/mol. The van der Waals surface area contributed by atoms with E-state index in [1.807, 2.05) is 36.1 Å². The third-order valence-corrected chi connectivity index (χ3v) is 4.42. The Bertz CT molecular complexity index is 570. The van der Waals surface area contributed by atoms with E-state index in [0.717, 1.165) is 25.1 Å². The van der Waals surface area contributed by atoms with Crippen molar-refractivity contribution in [2.75, 3.05) is 6.54 Å². The van der Waals surface area contributed by atoms with Crippen LogP contribution < -0.4 is 0 Å². The molecule has 0 unspecified atom stereocenters. The predicted octanol–water partition coefficient (Wildman–Crippen LogP) is 3.26. The van der Waals surface area contributed by atoms with E-state index in [9.17, 15) is 4.79 Å². The molecule has 1 aromatic heterocycles. The van der Waals surface area contributed by atoms with Crippen molar-refractivity contribution in [2.45, 2.75) is 19.9 Å². The summed E-state index contributed by atoms with van der Waals surface area (Å²) >= 11 is 1.80. The quantitative estimate of drug-likeness (QED) is 0.768. The van der Waals surface area contributed by atoms with Crippen LogP contribution in [0.15, 0.2) is 35.7 Å². The molecule has 2 aromatic rings. The topological polar surface area (TPSA) is 20.3 Å². The summed E-state index contributed by atoms with van der Waals surface area (Å²) in [5.41, 5.74) is 3.29. The van der Waals surface area contributed by atoms with E-state index in [0.29, 0.717) is 0 Å². The lowest BCUT2D eigenvalue weighted by Crippen LogP contribution is -2.35. The summed E-state index contributed by atoms with van der Waals surface area (Å²) in [6.07, 6.45) is 0.991. The summed E-state index contributed by atoms with van der Waals surface area (Å²) in [5.74, 6) is 0.145. The smallest absolute Gasteiger partial charge is 0.254 e. The second-order valence-electron chi connectivity index (χ2n) is 4.71. The lowest BCUT2D eigenvalue weighted by molar-refractivity contribution is 0.0736. The van der Waals surface area contributed by atoms with Gasteiger partial charge in [-0.15, -0.1) is 11.3 Å². The zero-order chi connectivity index (χ0) is 12.5. The maximum absolute atomic E-state index is 12.4. The minimum Gasteiger partial charge on any atom is -0.334 e. The third-order valence-electron chi connectivity index (χ3n) is 3.39. The number of hydrogen-bond acceptors (Lipinski definition) is 2. The van der Waals surface area contributed by atoms with Crippen molar-refractivity contribution >= 4 is 17.2 Å². The number of nitrogens with zero attached hydrogens (tertiary/aromatic N) is 1. The normalized spacial score (nSPS) is 14.4. The van der Waals surface area contributed by atoms with Gasteiger partial charge in [-0.3, -0.25) is 4.79 Å². The van der Waals surface area contributed by atoms with Crippen LogP contribution in [0, 0.1) is 6.92 Å². The Morgan fingerprint density at radius 2 is 2.00 bits per heavy atom. The van der Waals surface area contributed by atoms with Gasteiger partial charge >= 0.3 is 0 Å². The van der Waals surface area contributed by atoms with E-state index in [2.05, 4.69) is 11.4 Å². The van der Waals surface area contributed by atoms with Gasteiger partial charge in [0.2, 0.25) is 0 Å². The van der Waals surface area contributed by atoms with Crippen molar-refractivity contribution in [2.24, 2.45) is 0 Å². The van der Waals surface area contributed by atoms with Crippen molar-refractivity contribution in [1.29, 1.82) is 0 Å². The molecule has 0 aliphatic carbocycles. The summed E-state index contributed by atoms with van der Waals surface area (Å²) in [7, 11) is 0. The van der Waals surface area contributed by atoms with Gasteiger partial charge < -0.3 is 4.90 Å². The van der Waals surface area contributed by atoms with E-state index in [-0.39, 0.29) is 5.91 Å². The molecule has 1 aliphatic heterocycles. The number of hydrogen-bond donors (Lipinski definition) is 0. The standard InChI is InChI=1S/C15H15NOS/c1-11-2-4-12(5-3-11)15(17)16-8-6-14-13(10-16)7-9-18-14/h2-5,7,9H,6,8,10H2,1H3. The molecule has 0 fully saturated rings. The van der Waals surface area contributed by atoms with Gasteiger partial charge in [0.25, 0.3) is 5.91 Å². The van der Waals surface area contributed by atoms with Crippen LogP contribution in [0.1, 0.15) is 26.4 Å². The lowest BCUT2D eigenvalue weighted by atomic mass is 10.1. The molecule has 1 aliphatic rings. The SMILES string of the molecule is Cc1ccc(C(=O)N2CCc3sccc3C2)cc1. The van der Waals surface area contributed by atoms with Gasteiger partial charge in [-0.05, 0) is 42.5 Å². The highest BCUT2D eigenvalue weighted by atomic mass is 32.1. The molecule has 1 amide bonds. The number of rotatable bonds is 1. The van der Waals surface area contributed by atoms with Gasteiger partial charge in [-0.2, -0.15) is 0 Å². The van der Waals surface area contributed by atoms with Crippen molar-refractivity contribution in [3.8, 4) is 0 Å². The number of amides is 1. The van der Waals surface area contributed by atoms with E-state index in [4.69, 9.17) is 0 Å². The molecule has 0 radical (unpaired) electrons. The number of carbonyl (C=O) groups is 1.